The fourth-order valence-electron chi connectivity index (χ4n) is 2.65. The molecule has 2 heterocycles. The van der Waals surface area contributed by atoms with E-state index in [1.54, 1.807) is 23.3 Å². The van der Waals surface area contributed by atoms with Crippen molar-refractivity contribution in [1.29, 1.82) is 0 Å². The van der Waals surface area contributed by atoms with Crippen molar-refractivity contribution in [1.82, 2.24) is 20.0 Å². The van der Waals surface area contributed by atoms with E-state index in [1.807, 2.05) is 12.1 Å². The number of furan rings is 1. The largest absolute Gasteiger partial charge is 0.468 e. The van der Waals surface area contributed by atoms with Gasteiger partial charge in [-0.05, 0) is 46.0 Å². The van der Waals surface area contributed by atoms with Gasteiger partial charge < -0.3 is 9.73 Å². The van der Waals surface area contributed by atoms with Crippen LogP contribution >= 0.6 is 0 Å². The molecule has 132 valence electrons. The smallest absolute Gasteiger partial charge is 0.254 e. The predicted molar refractivity (Wildman–Crippen MR) is 93.9 cm³/mol. The number of hydrogen-bond donors (Lipinski definition) is 1. The lowest BCUT2D eigenvalue weighted by molar-refractivity contribution is 0.0929. The van der Waals surface area contributed by atoms with E-state index in [0.29, 0.717) is 12.1 Å². The molecule has 1 unspecified atom stereocenters. The highest BCUT2D eigenvalue weighted by Crippen LogP contribution is 2.20. The number of nitrogens with zero attached hydrogens (tertiary/aromatic N) is 3. The Morgan fingerprint density at radius 1 is 1.38 bits per heavy atom. The highest BCUT2D eigenvalue weighted by Gasteiger charge is 2.22. The molecule has 24 heavy (non-hydrogen) atoms. The Labute approximate surface area is 143 Å². The maximum Gasteiger partial charge on any atom is 0.254 e. The van der Waals surface area contributed by atoms with E-state index in [0.717, 1.165) is 18.8 Å². The summed E-state index contributed by atoms with van der Waals surface area (Å²) in [5.41, 5.74) is 0.430. The second-order valence-corrected chi connectivity index (χ2v) is 6.81. The molecule has 6 heteroatoms. The maximum absolute atomic E-state index is 12.4. The van der Waals surface area contributed by atoms with Crippen molar-refractivity contribution in [3.63, 3.8) is 0 Å². The molecular weight excluding hydrogens is 304 g/mol. The third-order valence-electron chi connectivity index (χ3n) is 4.11. The average molecular weight is 332 g/mol. The van der Waals surface area contributed by atoms with Crippen LogP contribution in [0.25, 0.3) is 0 Å². The first-order chi connectivity index (χ1) is 11.4. The molecule has 2 aromatic heterocycles. The number of likely N-dealkylation sites (N-methyl/N-ethyl adjacent to an activating group) is 1. The first-order valence-electron chi connectivity index (χ1n) is 8.47. The van der Waals surface area contributed by atoms with E-state index in [4.69, 9.17) is 4.42 Å². The lowest BCUT2D eigenvalue weighted by Crippen LogP contribution is -2.37. The molecular formula is C18H28N4O2. The van der Waals surface area contributed by atoms with Gasteiger partial charge >= 0.3 is 0 Å². The predicted octanol–water partition coefficient (Wildman–Crippen LogP) is 3.04. The van der Waals surface area contributed by atoms with E-state index >= 15 is 0 Å². The van der Waals surface area contributed by atoms with Crippen LogP contribution in [0.2, 0.25) is 0 Å². The van der Waals surface area contributed by atoms with Crippen molar-refractivity contribution in [2.24, 2.45) is 0 Å². The van der Waals surface area contributed by atoms with Gasteiger partial charge in [0.1, 0.15) is 5.76 Å². The van der Waals surface area contributed by atoms with E-state index in [9.17, 15) is 4.79 Å². The minimum absolute atomic E-state index is 0.0246. The van der Waals surface area contributed by atoms with Gasteiger partial charge in [-0.15, -0.1) is 0 Å². The Kier molecular flexibility index (Phi) is 5.83. The van der Waals surface area contributed by atoms with Crippen LogP contribution in [0.4, 0.5) is 0 Å². The minimum atomic E-state index is -0.142. The van der Waals surface area contributed by atoms with Crippen LogP contribution in [0.5, 0.6) is 0 Å². The summed E-state index contributed by atoms with van der Waals surface area (Å²) in [5, 5.41) is 7.29. The third kappa shape index (κ3) is 4.26. The number of carbonyl (C=O) groups is 1. The Morgan fingerprint density at radius 3 is 2.58 bits per heavy atom. The van der Waals surface area contributed by atoms with Crippen LogP contribution in [-0.4, -0.2) is 40.2 Å². The molecule has 1 amide bonds. The lowest BCUT2D eigenvalue weighted by atomic mass is 10.1. The number of hydrogen-bond acceptors (Lipinski definition) is 4. The Hall–Kier alpha value is -2.08. The molecule has 0 aliphatic rings. The fourth-order valence-corrected chi connectivity index (χ4v) is 2.65. The number of carbonyl (C=O) groups excluding carboxylic acids is 1. The van der Waals surface area contributed by atoms with Crippen LogP contribution in [0.15, 0.2) is 35.2 Å². The minimum Gasteiger partial charge on any atom is -0.468 e. The molecule has 0 saturated carbocycles. The zero-order valence-electron chi connectivity index (χ0n) is 15.2. The van der Waals surface area contributed by atoms with Crippen molar-refractivity contribution in [3.8, 4) is 0 Å². The standard InChI is InChI=1S/C18H28N4O2/c1-6-21(7-2)15(16-9-8-10-24-16)12-19-17(23)14-11-20-22(13-14)18(3,4)5/h8-11,13,15H,6-7,12H2,1-5H3,(H,19,23). The molecule has 0 saturated heterocycles. The highest BCUT2D eigenvalue weighted by atomic mass is 16.3. The molecule has 1 N–H and O–H groups in total. The third-order valence-corrected chi connectivity index (χ3v) is 4.11. The van der Waals surface area contributed by atoms with Crippen LogP contribution < -0.4 is 5.32 Å². The van der Waals surface area contributed by atoms with Crippen molar-refractivity contribution in [2.75, 3.05) is 19.6 Å². The van der Waals surface area contributed by atoms with Gasteiger partial charge in [0.05, 0.1) is 29.6 Å². The van der Waals surface area contributed by atoms with Gasteiger partial charge in [-0.3, -0.25) is 14.4 Å². The van der Waals surface area contributed by atoms with Crippen LogP contribution in [-0.2, 0) is 5.54 Å². The average Bonchev–Trinajstić information content (AvgIpc) is 3.21. The molecule has 0 radical (unpaired) electrons. The number of aromatic nitrogens is 2. The summed E-state index contributed by atoms with van der Waals surface area (Å²) in [7, 11) is 0. The Balaban J connectivity index is 2.06. The second kappa shape index (κ2) is 7.66. The zero-order chi connectivity index (χ0) is 17.7. The van der Waals surface area contributed by atoms with Crippen molar-refractivity contribution in [2.45, 2.75) is 46.2 Å². The normalized spacial score (nSPS) is 13.2. The van der Waals surface area contributed by atoms with E-state index in [1.165, 1.54) is 0 Å². The maximum atomic E-state index is 12.4. The summed E-state index contributed by atoms with van der Waals surface area (Å²) in [6.07, 6.45) is 5.07. The molecule has 0 aliphatic heterocycles. The van der Waals surface area contributed by atoms with Crippen molar-refractivity contribution < 1.29 is 9.21 Å². The summed E-state index contributed by atoms with van der Waals surface area (Å²) in [6, 6.07) is 3.85. The molecule has 0 aliphatic carbocycles. The zero-order valence-corrected chi connectivity index (χ0v) is 15.2. The number of rotatable bonds is 7. The first kappa shape index (κ1) is 18.3. The van der Waals surface area contributed by atoms with E-state index in [-0.39, 0.29) is 17.5 Å². The SMILES string of the molecule is CCN(CC)C(CNC(=O)c1cnn(C(C)(C)C)c1)c1ccco1. The Morgan fingerprint density at radius 2 is 2.08 bits per heavy atom. The molecule has 0 bridgehead atoms. The van der Waals surface area contributed by atoms with Gasteiger partial charge in [0.25, 0.3) is 5.91 Å². The molecule has 6 nitrogen and oxygen atoms in total. The summed E-state index contributed by atoms with van der Waals surface area (Å²) < 4.78 is 7.36. The van der Waals surface area contributed by atoms with Gasteiger partial charge in [-0.1, -0.05) is 13.8 Å². The van der Waals surface area contributed by atoms with Crippen molar-refractivity contribution in [3.05, 3.63) is 42.1 Å². The summed E-state index contributed by atoms with van der Waals surface area (Å²) in [5.74, 6) is 0.749. The van der Waals surface area contributed by atoms with Gasteiger partial charge in [-0.2, -0.15) is 5.10 Å². The Bertz CT molecular complexity index is 636. The highest BCUT2D eigenvalue weighted by molar-refractivity contribution is 5.93. The van der Waals surface area contributed by atoms with Gasteiger partial charge in [0.15, 0.2) is 0 Å². The van der Waals surface area contributed by atoms with Crippen LogP contribution in [0.3, 0.4) is 0 Å². The summed E-state index contributed by atoms with van der Waals surface area (Å²) in [6.45, 7) is 12.6. The molecule has 2 rings (SSSR count). The summed E-state index contributed by atoms with van der Waals surface area (Å²) >= 11 is 0. The molecule has 2 aromatic rings. The molecule has 1 atom stereocenters. The lowest BCUT2D eigenvalue weighted by Gasteiger charge is -2.28. The van der Waals surface area contributed by atoms with Crippen LogP contribution in [0, 0.1) is 0 Å². The van der Waals surface area contributed by atoms with E-state index in [2.05, 4.69) is 49.9 Å². The second-order valence-electron chi connectivity index (χ2n) is 6.81. The van der Waals surface area contributed by atoms with E-state index < -0.39 is 0 Å². The van der Waals surface area contributed by atoms with Crippen LogP contribution in [0.1, 0.15) is 56.8 Å². The quantitative estimate of drug-likeness (QED) is 0.846. The van der Waals surface area contributed by atoms with Gasteiger partial charge in [0, 0.05) is 12.7 Å². The number of amides is 1. The van der Waals surface area contributed by atoms with Crippen molar-refractivity contribution >= 4 is 5.91 Å². The monoisotopic (exact) mass is 332 g/mol. The summed E-state index contributed by atoms with van der Waals surface area (Å²) in [4.78, 5) is 14.7. The molecule has 0 spiro atoms. The number of nitrogens with one attached hydrogen (secondary N) is 1. The first-order valence-corrected chi connectivity index (χ1v) is 8.47. The van der Waals surface area contributed by atoms with Gasteiger partial charge in [0.2, 0.25) is 0 Å². The molecule has 0 fully saturated rings. The molecule has 0 aromatic carbocycles. The van der Waals surface area contributed by atoms with Gasteiger partial charge in [-0.25, -0.2) is 0 Å². The fraction of sp³-hybridized carbons (Fsp3) is 0.556. The topological polar surface area (TPSA) is 63.3 Å².